The first-order valence-corrected chi connectivity index (χ1v) is 6.43. The lowest BCUT2D eigenvalue weighted by molar-refractivity contribution is -0.111. The molecule has 0 fully saturated rings. The summed E-state index contributed by atoms with van der Waals surface area (Å²) in [6, 6.07) is 3.88. The monoisotopic (exact) mass is 260 g/mol. The lowest BCUT2D eigenvalue weighted by atomic mass is 9.80. The van der Waals surface area contributed by atoms with Gasteiger partial charge in [0, 0.05) is 11.8 Å². The van der Waals surface area contributed by atoms with Crippen LogP contribution in [0, 0.1) is 5.92 Å². The Kier molecular flexibility index (Phi) is 3.15. The first kappa shape index (κ1) is 12.1. The van der Waals surface area contributed by atoms with Crippen molar-refractivity contribution in [2.45, 2.75) is 18.8 Å². The highest BCUT2D eigenvalue weighted by Gasteiger charge is 2.27. The van der Waals surface area contributed by atoms with Crippen molar-refractivity contribution in [1.29, 1.82) is 0 Å². The number of allylic oxidation sites excluding steroid dienone is 2. The number of fused-ring (bicyclic) bond motifs is 1. The van der Waals surface area contributed by atoms with Gasteiger partial charge in [-0.3, -0.25) is 0 Å². The molecule has 1 aliphatic carbocycles. The van der Waals surface area contributed by atoms with Gasteiger partial charge in [0.15, 0.2) is 11.5 Å². The third-order valence-electron chi connectivity index (χ3n) is 3.71. The lowest BCUT2D eigenvalue weighted by Gasteiger charge is -2.24. The summed E-state index contributed by atoms with van der Waals surface area (Å²) in [6.45, 7) is 0.215. The van der Waals surface area contributed by atoms with Crippen LogP contribution in [0.5, 0.6) is 17.2 Å². The maximum atomic E-state index is 11.2. The van der Waals surface area contributed by atoms with Gasteiger partial charge in [-0.15, -0.1) is 0 Å². The van der Waals surface area contributed by atoms with Crippen molar-refractivity contribution >= 4 is 6.29 Å². The van der Waals surface area contributed by atoms with Crippen LogP contribution in [-0.2, 0) is 4.79 Å². The largest absolute Gasteiger partial charge is 0.493 e. The van der Waals surface area contributed by atoms with Gasteiger partial charge in [0.2, 0.25) is 12.5 Å². The Morgan fingerprint density at radius 1 is 1.37 bits per heavy atom. The fourth-order valence-electron chi connectivity index (χ4n) is 2.71. The summed E-state index contributed by atoms with van der Waals surface area (Å²) in [6.07, 6.45) is 7.12. The van der Waals surface area contributed by atoms with Gasteiger partial charge in [0.25, 0.3) is 0 Å². The highest BCUT2D eigenvalue weighted by atomic mass is 16.7. The summed E-state index contributed by atoms with van der Waals surface area (Å²) < 4.78 is 16.1. The number of hydrogen-bond acceptors (Lipinski definition) is 4. The molecule has 100 valence electrons. The van der Waals surface area contributed by atoms with Crippen molar-refractivity contribution in [3.8, 4) is 17.2 Å². The first-order chi connectivity index (χ1) is 9.33. The van der Waals surface area contributed by atoms with Gasteiger partial charge in [0.05, 0.1) is 7.11 Å². The molecule has 4 heteroatoms. The zero-order valence-corrected chi connectivity index (χ0v) is 10.8. The molecule has 2 aliphatic rings. The Balaban J connectivity index is 2.03. The smallest absolute Gasteiger partial charge is 0.231 e. The third kappa shape index (κ3) is 2.07. The van der Waals surface area contributed by atoms with Crippen LogP contribution in [0.3, 0.4) is 0 Å². The van der Waals surface area contributed by atoms with Crippen molar-refractivity contribution in [3.05, 3.63) is 29.8 Å². The fraction of sp³-hybridized carbons (Fsp3) is 0.400. The fourth-order valence-corrected chi connectivity index (χ4v) is 2.71. The van der Waals surface area contributed by atoms with Crippen LogP contribution in [0.2, 0.25) is 0 Å². The van der Waals surface area contributed by atoms with E-state index in [1.165, 1.54) is 0 Å². The highest BCUT2D eigenvalue weighted by molar-refractivity contribution is 5.61. The molecule has 0 N–H and O–H groups in total. The molecule has 0 radical (unpaired) electrons. The minimum atomic E-state index is 0.0232. The second-order valence-corrected chi connectivity index (χ2v) is 4.79. The number of methoxy groups -OCH3 is 1. The molecule has 3 rings (SSSR count). The molecule has 2 atom stereocenters. The Hall–Kier alpha value is -1.97. The molecular formula is C15H16O4. The van der Waals surface area contributed by atoms with E-state index < -0.39 is 0 Å². The number of carbonyl (C=O) groups is 1. The number of aldehydes is 1. The van der Waals surface area contributed by atoms with Crippen molar-refractivity contribution in [2.75, 3.05) is 13.9 Å². The Morgan fingerprint density at radius 3 is 3.05 bits per heavy atom. The zero-order valence-electron chi connectivity index (χ0n) is 10.8. The van der Waals surface area contributed by atoms with Crippen LogP contribution in [0.1, 0.15) is 24.3 Å². The van der Waals surface area contributed by atoms with Crippen LogP contribution in [0.25, 0.3) is 0 Å². The maximum Gasteiger partial charge on any atom is 0.231 e. The molecule has 0 aromatic heterocycles. The predicted molar refractivity (Wildman–Crippen MR) is 69.8 cm³/mol. The standard InChI is InChI=1S/C15H16O4/c1-17-13-6-11(7-14-15(13)19-9-18-14)12-5-3-2-4-10(12)8-16/h3,5-8,10,12H,2,4,9H2,1H3/t10-,12-/m0/s1. The summed E-state index contributed by atoms with van der Waals surface area (Å²) >= 11 is 0. The Labute approximate surface area is 112 Å². The van der Waals surface area contributed by atoms with Crippen molar-refractivity contribution < 1.29 is 19.0 Å². The van der Waals surface area contributed by atoms with Crippen LogP contribution < -0.4 is 14.2 Å². The summed E-state index contributed by atoms with van der Waals surface area (Å²) in [5.74, 6) is 2.12. The van der Waals surface area contributed by atoms with Gasteiger partial charge in [-0.2, -0.15) is 0 Å². The van der Waals surface area contributed by atoms with Gasteiger partial charge in [0.1, 0.15) is 6.29 Å². The highest BCUT2D eigenvalue weighted by Crippen LogP contribution is 2.45. The molecule has 1 aromatic carbocycles. The molecular weight excluding hydrogens is 244 g/mol. The molecule has 4 nitrogen and oxygen atoms in total. The second-order valence-electron chi connectivity index (χ2n) is 4.79. The van der Waals surface area contributed by atoms with Gasteiger partial charge < -0.3 is 19.0 Å². The van der Waals surface area contributed by atoms with Gasteiger partial charge in [-0.25, -0.2) is 0 Å². The van der Waals surface area contributed by atoms with Gasteiger partial charge >= 0.3 is 0 Å². The van der Waals surface area contributed by atoms with E-state index in [1.807, 2.05) is 12.1 Å². The number of rotatable bonds is 3. The van der Waals surface area contributed by atoms with E-state index in [-0.39, 0.29) is 18.6 Å². The van der Waals surface area contributed by atoms with Crippen molar-refractivity contribution in [1.82, 2.24) is 0 Å². The topological polar surface area (TPSA) is 44.8 Å². The summed E-state index contributed by atoms with van der Waals surface area (Å²) in [7, 11) is 1.61. The van der Waals surface area contributed by atoms with E-state index in [2.05, 4.69) is 12.2 Å². The van der Waals surface area contributed by atoms with Crippen molar-refractivity contribution in [3.63, 3.8) is 0 Å². The van der Waals surface area contributed by atoms with E-state index in [0.29, 0.717) is 17.2 Å². The second kappa shape index (κ2) is 4.96. The third-order valence-corrected chi connectivity index (χ3v) is 3.71. The van der Waals surface area contributed by atoms with E-state index in [1.54, 1.807) is 7.11 Å². The normalized spacial score (nSPS) is 24.3. The maximum absolute atomic E-state index is 11.2. The van der Waals surface area contributed by atoms with E-state index in [0.717, 1.165) is 24.7 Å². The van der Waals surface area contributed by atoms with Crippen LogP contribution in [0.15, 0.2) is 24.3 Å². The molecule has 0 bridgehead atoms. The molecule has 0 spiro atoms. The van der Waals surface area contributed by atoms with Crippen LogP contribution in [0.4, 0.5) is 0 Å². The van der Waals surface area contributed by atoms with E-state index >= 15 is 0 Å². The minimum Gasteiger partial charge on any atom is -0.493 e. The molecule has 0 unspecified atom stereocenters. The number of benzene rings is 1. The number of ether oxygens (including phenoxy) is 3. The summed E-state index contributed by atoms with van der Waals surface area (Å²) in [4.78, 5) is 11.2. The first-order valence-electron chi connectivity index (χ1n) is 6.43. The lowest BCUT2D eigenvalue weighted by Crippen LogP contribution is -2.15. The molecule has 1 aromatic rings. The minimum absolute atomic E-state index is 0.0232. The van der Waals surface area contributed by atoms with Crippen LogP contribution in [-0.4, -0.2) is 20.2 Å². The van der Waals surface area contributed by atoms with Crippen molar-refractivity contribution in [2.24, 2.45) is 5.92 Å². The summed E-state index contributed by atoms with van der Waals surface area (Å²) in [5, 5.41) is 0. The van der Waals surface area contributed by atoms with E-state index in [9.17, 15) is 4.79 Å². The van der Waals surface area contributed by atoms with Gasteiger partial charge in [-0.1, -0.05) is 12.2 Å². The van der Waals surface area contributed by atoms with Crippen LogP contribution >= 0.6 is 0 Å². The number of hydrogen-bond donors (Lipinski definition) is 0. The molecule has 0 saturated carbocycles. The average molecular weight is 260 g/mol. The molecule has 0 saturated heterocycles. The predicted octanol–water partition coefficient (Wildman–Crippen LogP) is 2.67. The number of carbonyl (C=O) groups excluding carboxylic acids is 1. The van der Waals surface area contributed by atoms with E-state index in [4.69, 9.17) is 14.2 Å². The molecule has 1 heterocycles. The molecule has 19 heavy (non-hydrogen) atoms. The summed E-state index contributed by atoms with van der Waals surface area (Å²) in [5.41, 5.74) is 1.04. The quantitative estimate of drug-likeness (QED) is 0.619. The zero-order chi connectivity index (χ0) is 13.2. The Morgan fingerprint density at radius 2 is 2.26 bits per heavy atom. The SMILES string of the molecule is COc1cc([C@H]2C=CCC[C@H]2C=O)cc2c1OCO2. The van der Waals surface area contributed by atoms with Gasteiger partial charge in [-0.05, 0) is 30.5 Å². The average Bonchev–Trinajstić information content (AvgIpc) is 2.94. The molecule has 0 amide bonds. The Bertz CT molecular complexity index is 521. The molecule has 1 aliphatic heterocycles.